The van der Waals surface area contributed by atoms with Crippen molar-refractivity contribution in [1.29, 1.82) is 0 Å². The summed E-state index contributed by atoms with van der Waals surface area (Å²) in [5.41, 5.74) is 2.63. The maximum absolute atomic E-state index is 13.8. The molecule has 0 aliphatic carbocycles. The Balaban J connectivity index is 0.00000261. The first-order valence-corrected chi connectivity index (χ1v) is 8.74. The number of rotatable bonds is 5. The Bertz CT molecular complexity index is 805. The Hall–Kier alpha value is -1.58. The molecule has 5 nitrogen and oxygen atoms in total. The van der Waals surface area contributed by atoms with Crippen LogP contribution in [0.15, 0.2) is 41.4 Å². The minimum atomic E-state index is -0.281. The van der Waals surface area contributed by atoms with E-state index in [2.05, 4.69) is 15.6 Å². The van der Waals surface area contributed by atoms with Crippen LogP contribution >= 0.6 is 35.6 Å². The average Bonchev–Trinajstić information content (AvgIpc) is 2.64. The zero-order chi connectivity index (χ0) is 18.4. The van der Waals surface area contributed by atoms with Crippen LogP contribution < -0.4 is 15.4 Å². The summed E-state index contributed by atoms with van der Waals surface area (Å²) >= 11 is 5.99. The summed E-state index contributed by atoms with van der Waals surface area (Å²) in [4.78, 5) is 4.20. The number of guanidine groups is 1. The lowest BCUT2D eigenvalue weighted by Gasteiger charge is -2.21. The van der Waals surface area contributed by atoms with Gasteiger partial charge in [-0.15, -0.1) is 24.0 Å². The van der Waals surface area contributed by atoms with Crippen molar-refractivity contribution >= 4 is 41.5 Å². The minimum absolute atomic E-state index is 0. The molecule has 1 aliphatic rings. The number of nitrogens with one attached hydrogen (secondary N) is 2. The van der Waals surface area contributed by atoms with Crippen LogP contribution in [0.3, 0.4) is 0 Å². The predicted molar refractivity (Wildman–Crippen MR) is 115 cm³/mol. The van der Waals surface area contributed by atoms with Gasteiger partial charge in [0.15, 0.2) is 12.8 Å². The molecule has 3 rings (SSSR count). The summed E-state index contributed by atoms with van der Waals surface area (Å²) in [7, 11) is 1.71. The highest BCUT2D eigenvalue weighted by molar-refractivity contribution is 14.0. The van der Waals surface area contributed by atoms with Crippen LogP contribution in [0.4, 0.5) is 4.39 Å². The maximum Gasteiger partial charge on any atom is 0.191 e. The summed E-state index contributed by atoms with van der Waals surface area (Å²) < 4.78 is 24.5. The van der Waals surface area contributed by atoms with Crippen molar-refractivity contribution in [2.24, 2.45) is 4.99 Å². The van der Waals surface area contributed by atoms with Gasteiger partial charge in [-0.1, -0.05) is 23.7 Å². The van der Waals surface area contributed by atoms with E-state index < -0.39 is 0 Å². The zero-order valence-corrected chi connectivity index (χ0v) is 18.0. The number of hydrogen-bond donors (Lipinski definition) is 2. The fourth-order valence-electron chi connectivity index (χ4n) is 2.81. The smallest absolute Gasteiger partial charge is 0.191 e. The van der Waals surface area contributed by atoms with E-state index in [4.69, 9.17) is 21.1 Å². The fraction of sp³-hybridized carbons (Fsp3) is 0.316. The molecule has 0 fully saturated rings. The Morgan fingerprint density at radius 2 is 2.11 bits per heavy atom. The van der Waals surface area contributed by atoms with Crippen LogP contribution in [0.1, 0.15) is 16.7 Å². The van der Waals surface area contributed by atoms with Gasteiger partial charge < -0.3 is 20.1 Å². The molecule has 0 amide bonds. The number of benzene rings is 2. The average molecular weight is 506 g/mol. The first-order valence-electron chi connectivity index (χ1n) is 8.36. The van der Waals surface area contributed by atoms with Crippen LogP contribution in [-0.2, 0) is 24.3 Å². The van der Waals surface area contributed by atoms with E-state index in [1.807, 2.05) is 24.3 Å². The van der Waals surface area contributed by atoms with Gasteiger partial charge >= 0.3 is 0 Å². The monoisotopic (exact) mass is 505 g/mol. The van der Waals surface area contributed by atoms with E-state index >= 15 is 0 Å². The SMILES string of the molecule is CN=C(NCCc1cc(F)cc2c1OCOC2)NCc1cccc(Cl)c1.I. The van der Waals surface area contributed by atoms with Gasteiger partial charge in [0.05, 0.1) is 6.61 Å². The molecule has 0 atom stereocenters. The Kier molecular flexibility index (Phi) is 8.59. The van der Waals surface area contributed by atoms with E-state index in [-0.39, 0.29) is 36.6 Å². The summed E-state index contributed by atoms with van der Waals surface area (Å²) in [5.74, 6) is 1.11. The van der Waals surface area contributed by atoms with Gasteiger partial charge in [-0.05, 0) is 41.8 Å². The van der Waals surface area contributed by atoms with Gasteiger partial charge in [-0.2, -0.15) is 0 Å². The Labute approximate surface area is 180 Å². The van der Waals surface area contributed by atoms with Crippen molar-refractivity contribution in [2.75, 3.05) is 20.4 Å². The number of hydrogen-bond acceptors (Lipinski definition) is 3. The Morgan fingerprint density at radius 3 is 2.89 bits per heavy atom. The van der Waals surface area contributed by atoms with Crippen molar-refractivity contribution in [3.8, 4) is 5.75 Å². The van der Waals surface area contributed by atoms with Crippen molar-refractivity contribution in [3.63, 3.8) is 0 Å². The summed E-state index contributed by atoms with van der Waals surface area (Å²) in [6.45, 7) is 1.77. The van der Waals surface area contributed by atoms with Gasteiger partial charge in [-0.25, -0.2) is 4.39 Å². The molecule has 1 aliphatic heterocycles. The molecule has 2 N–H and O–H groups in total. The van der Waals surface area contributed by atoms with Crippen molar-refractivity contribution in [1.82, 2.24) is 10.6 Å². The molecule has 0 saturated heterocycles. The number of nitrogens with zero attached hydrogens (tertiary/aromatic N) is 1. The van der Waals surface area contributed by atoms with Crippen LogP contribution in [0.2, 0.25) is 5.02 Å². The van der Waals surface area contributed by atoms with E-state index in [0.717, 1.165) is 22.4 Å². The molecule has 2 aromatic carbocycles. The lowest BCUT2D eigenvalue weighted by Crippen LogP contribution is -2.37. The summed E-state index contributed by atoms with van der Waals surface area (Å²) in [5, 5.41) is 7.15. The van der Waals surface area contributed by atoms with Crippen molar-refractivity contribution < 1.29 is 13.9 Å². The number of fused-ring (bicyclic) bond motifs is 1. The normalized spacial score (nSPS) is 13.2. The lowest BCUT2D eigenvalue weighted by atomic mass is 10.1. The maximum atomic E-state index is 13.8. The van der Waals surface area contributed by atoms with Gasteiger partial charge in [-0.3, -0.25) is 4.99 Å². The second-order valence-corrected chi connectivity index (χ2v) is 6.33. The second-order valence-electron chi connectivity index (χ2n) is 5.90. The number of aliphatic imine (C=N–C) groups is 1. The molecule has 0 radical (unpaired) electrons. The number of halogens is 3. The minimum Gasteiger partial charge on any atom is -0.467 e. The van der Waals surface area contributed by atoms with Crippen LogP contribution in [-0.4, -0.2) is 26.3 Å². The molecule has 1 heterocycles. The van der Waals surface area contributed by atoms with Gasteiger partial charge in [0.25, 0.3) is 0 Å². The van der Waals surface area contributed by atoms with Crippen LogP contribution in [0, 0.1) is 5.82 Å². The lowest BCUT2D eigenvalue weighted by molar-refractivity contribution is -0.0172. The molecule has 0 aromatic heterocycles. The molecule has 0 saturated carbocycles. The van der Waals surface area contributed by atoms with Gasteiger partial charge in [0.2, 0.25) is 0 Å². The van der Waals surface area contributed by atoms with E-state index in [1.165, 1.54) is 12.1 Å². The standard InChI is InChI=1S/C19H21ClFN3O2.HI/c1-22-19(24-10-13-3-2-4-16(20)7-13)23-6-5-14-8-17(21)9-15-11-25-12-26-18(14)15;/h2-4,7-9H,5-6,10-12H2,1H3,(H2,22,23,24);1H. The first-order chi connectivity index (χ1) is 12.7. The van der Waals surface area contributed by atoms with Gasteiger partial charge in [0, 0.05) is 30.7 Å². The largest absolute Gasteiger partial charge is 0.467 e. The van der Waals surface area contributed by atoms with E-state index in [1.54, 1.807) is 7.05 Å². The van der Waals surface area contributed by atoms with E-state index in [9.17, 15) is 4.39 Å². The molecule has 2 aromatic rings. The van der Waals surface area contributed by atoms with Crippen molar-refractivity contribution in [3.05, 3.63) is 63.9 Å². The fourth-order valence-corrected chi connectivity index (χ4v) is 3.02. The molecule has 0 spiro atoms. The van der Waals surface area contributed by atoms with Gasteiger partial charge in [0.1, 0.15) is 11.6 Å². The molecule has 8 heteroatoms. The summed E-state index contributed by atoms with van der Waals surface area (Å²) in [6, 6.07) is 10.6. The quantitative estimate of drug-likeness (QED) is 0.368. The van der Waals surface area contributed by atoms with Crippen LogP contribution in [0.25, 0.3) is 0 Å². The molecular formula is C19H22ClFIN3O2. The number of ether oxygens (including phenoxy) is 2. The highest BCUT2D eigenvalue weighted by atomic mass is 127. The molecule has 27 heavy (non-hydrogen) atoms. The highest BCUT2D eigenvalue weighted by Gasteiger charge is 2.16. The predicted octanol–water partition coefficient (Wildman–Crippen LogP) is 3.87. The van der Waals surface area contributed by atoms with Crippen LogP contribution in [0.5, 0.6) is 5.75 Å². The third-order valence-corrected chi connectivity index (χ3v) is 4.25. The highest BCUT2D eigenvalue weighted by Crippen LogP contribution is 2.29. The van der Waals surface area contributed by atoms with Crippen molar-refractivity contribution in [2.45, 2.75) is 19.6 Å². The first kappa shape index (κ1) is 21.7. The molecular weight excluding hydrogens is 484 g/mol. The molecule has 0 bridgehead atoms. The second kappa shape index (κ2) is 10.7. The summed E-state index contributed by atoms with van der Waals surface area (Å²) in [6.07, 6.45) is 0.609. The third kappa shape index (κ3) is 6.22. The molecule has 0 unspecified atom stereocenters. The Morgan fingerprint density at radius 1 is 1.26 bits per heavy atom. The molecule has 146 valence electrons. The topological polar surface area (TPSA) is 54.9 Å². The van der Waals surface area contributed by atoms with E-state index in [0.29, 0.717) is 37.1 Å². The zero-order valence-electron chi connectivity index (χ0n) is 14.9. The third-order valence-electron chi connectivity index (χ3n) is 4.01.